The lowest BCUT2D eigenvalue weighted by molar-refractivity contribution is 0.270. The number of aliphatic hydroxyl groups is 1. The van der Waals surface area contributed by atoms with Crippen molar-refractivity contribution in [1.29, 1.82) is 0 Å². The second-order valence-electron chi connectivity index (χ2n) is 2.07. The van der Waals surface area contributed by atoms with Gasteiger partial charge in [0, 0.05) is 12.8 Å². The second-order valence-corrected chi connectivity index (χ2v) is 2.07. The van der Waals surface area contributed by atoms with E-state index in [4.69, 9.17) is 5.11 Å². The molecule has 0 heterocycles. The molecule has 2 heteroatoms. The number of rotatable bonds is 0. The van der Waals surface area contributed by atoms with Gasteiger partial charge in [-0.1, -0.05) is 0 Å². The number of hydrogen-bond acceptors (Lipinski definition) is 1. The Morgan fingerprint density at radius 2 is 2.50 bits per heavy atom. The first kappa shape index (κ1) is 5.60. The SMILES string of the molecule is OC1=CCC(F)CC1. The summed E-state index contributed by atoms with van der Waals surface area (Å²) in [6.45, 7) is 0. The maximum Gasteiger partial charge on any atom is 0.104 e. The second kappa shape index (κ2) is 2.16. The van der Waals surface area contributed by atoms with Crippen LogP contribution in [0.25, 0.3) is 0 Å². The first-order valence-electron chi connectivity index (χ1n) is 2.81. The van der Waals surface area contributed by atoms with Gasteiger partial charge in [0.15, 0.2) is 0 Å². The minimum atomic E-state index is -0.717. The molecule has 8 heavy (non-hydrogen) atoms. The quantitative estimate of drug-likeness (QED) is 0.512. The van der Waals surface area contributed by atoms with Crippen molar-refractivity contribution in [3.05, 3.63) is 11.8 Å². The van der Waals surface area contributed by atoms with Crippen LogP contribution in [0.15, 0.2) is 11.8 Å². The zero-order chi connectivity index (χ0) is 5.98. The fourth-order valence-corrected chi connectivity index (χ4v) is 0.788. The summed E-state index contributed by atoms with van der Waals surface area (Å²) < 4.78 is 12.2. The Morgan fingerprint density at radius 1 is 1.75 bits per heavy atom. The number of halogens is 1. The van der Waals surface area contributed by atoms with Crippen LogP contribution in [0.2, 0.25) is 0 Å². The fraction of sp³-hybridized carbons (Fsp3) is 0.667. The van der Waals surface area contributed by atoms with Gasteiger partial charge in [0.2, 0.25) is 0 Å². The molecule has 0 aromatic heterocycles. The standard InChI is InChI=1S/C6H9FO/c7-5-1-3-6(8)4-2-5/h3,5,8H,1-2,4H2. The first-order valence-corrected chi connectivity index (χ1v) is 2.81. The summed E-state index contributed by atoms with van der Waals surface area (Å²) in [7, 11) is 0. The smallest absolute Gasteiger partial charge is 0.104 e. The minimum absolute atomic E-state index is 0.346. The average Bonchev–Trinajstić information content (AvgIpc) is 1.77. The topological polar surface area (TPSA) is 20.2 Å². The van der Waals surface area contributed by atoms with Gasteiger partial charge in [-0.2, -0.15) is 0 Å². The molecule has 1 unspecified atom stereocenters. The van der Waals surface area contributed by atoms with Gasteiger partial charge in [0.25, 0.3) is 0 Å². The summed E-state index contributed by atoms with van der Waals surface area (Å²) in [5, 5.41) is 8.72. The predicted octanol–water partition coefficient (Wildman–Crippen LogP) is 1.95. The maximum atomic E-state index is 12.2. The zero-order valence-corrected chi connectivity index (χ0v) is 4.60. The molecule has 0 saturated carbocycles. The zero-order valence-electron chi connectivity index (χ0n) is 4.60. The highest BCUT2D eigenvalue weighted by Gasteiger charge is 2.10. The summed E-state index contributed by atoms with van der Waals surface area (Å²) in [4.78, 5) is 0. The Labute approximate surface area is 47.8 Å². The van der Waals surface area contributed by atoms with E-state index in [2.05, 4.69) is 0 Å². The molecule has 0 radical (unpaired) electrons. The highest BCUT2D eigenvalue weighted by molar-refractivity contribution is 4.97. The molecule has 0 bridgehead atoms. The molecule has 0 spiro atoms. The Hall–Kier alpha value is -0.530. The van der Waals surface area contributed by atoms with Gasteiger partial charge in [-0.05, 0) is 12.5 Å². The number of aliphatic hydroxyl groups excluding tert-OH is 1. The normalized spacial score (nSPS) is 29.6. The molecule has 0 aliphatic heterocycles. The minimum Gasteiger partial charge on any atom is -0.513 e. The van der Waals surface area contributed by atoms with Gasteiger partial charge in [-0.3, -0.25) is 0 Å². The van der Waals surface area contributed by atoms with Crippen molar-refractivity contribution in [2.45, 2.75) is 25.4 Å². The molecule has 1 aliphatic rings. The summed E-state index contributed by atoms with van der Waals surface area (Å²) >= 11 is 0. The average molecular weight is 116 g/mol. The molecule has 46 valence electrons. The molecule has 1 rings (SSSR count). The van der Waals surface area contributed by atoms with E-state index in [-0.39, 0.29) is 0 Å². The van der Waals surface area contributed by atoms with E-state index < -0.39 is 6.17 Å². The number of hydrogen-bond donors (Lipinski definition) is 1. The van der Waals surface area contributed by atoms with Crippen LogP contribution in [0.1, 0.15) is 19.3 Å². The van der Waals surface area contributed by atoms with Gasteiger partial charge in [-0.25, -0.2) is 4.39 Å². The number of allylic oxidation sites excluding steroid dienone is 2. The van der Waals surface area contributed by atoms with E-state index in [9.17, 15) is 4.39 Å². The number of alkyl halides is 1. The molecule has 0 fully saturated rings. The van der Waals surface area contributed by atoms with Crippen LogP contribution in [-0.4, -0.2) is 11.3 Å². The Bertz CT molecular complexity index is 109. The Balaban J connectivity index is 2.42. The van der Waals surface area contributed by atoms with E-state index in [1.54, 1.807) is 6.08 Å². The van der Waals surface area contributed by atoms with Gasteiger partial charge in [0.05, 0.1) is 5.76 Å². The van der Waals surface area contributed by atoms with E-state index in [0.717, 1.165) is 0 Å². The summed E-state index contributed by atoms with van der Waals surface area (Å²) in [6, 6.07) is 0. The molecule has 0 aromatic rings. The molecule has 0 saturated heterocycles. The molecule has 0 aromatic carbocycles. The van der Waals surface area contributed by atoms with Gasteiger partial charge >= 0.3 is 0 Å². The van der Waals surface area contributed by atoms with Gasteiger partial charge in [-0.15, -0.1) is 0 Å². The Kier molecular flexibility index (Phi) is 1.51. The van der Waals surface area contributed by atoms with Crippen LogP contribution >= 0.6 is 0 Å². The van der Waals surface area contributed by atoms with E-state index >= 15 is 0 Å². The Morgan fingerprint density at radius 3 is 2.88 bits per heavy atom. The third kappa shape index (κ3) is 1.22. The summed E-state index contributed by atoms with van der Waals surface area (Å²) in [5.41, 5.74) is 0. The van der Waals surface area contributed by atoms with Crippen LogP contribution in [0.5, 0.6) is 0 Å². The van der Waals surface area contributed by atoms with Crippen molar-refractivity contribution in [2.75, 3.05) is 0 Å². The summed E-state index contributed by atoms with van der Waals surface area (Å²) in [6.07, 6.45) is 2.23. The predicted molar refractivity (Wildman–Crippen MR) is 29.5 cm³/mol. The molecular weight excluding hydrogens is 107 g/mol. The van der Waals surface area contributed by atoms with E-state index in [1.165, 1.54) is 0 Å². The third-order valence-electron chi connectivity index (χ3n) is 1.32. The van der Waals surface area contributed by atoms with Crippen molar-refractivity contribution >= 4 is 0 Å². The monoisotopic (exact) mass is 116 g/mol. The van der Waals surface area contributed by atoms with Crippen LogP contribution in [0.4, 0.5) is 4.39 Å². The highest BCUT2D eigenvalue weighted by Crippen LogP contribution is 2.17. The van der Waals surface area contributed by atoms with Crippen LogP contribution < -0.4 is 0 Å². The first-order chi connectivity index (χ1) is 3.79. The molecule has 1 N–H and O–H groups in total. The third-order valence-corrected chi connectivity index (χ3v) is 1.32. The molecule has 1 atom stereocenters. The van der Waals surface area contributed by atoms with Gasteiger partial charge < -0.3 is 5.11 Å². The van der Waals surface area contributed by atoms with Crippen molar-refractivity contribution < 1.29 is 9.50 Å². The summed E-state index contributed by atoms with van der Waals surface area (Å²) in [5.74, 6) is 0.346. The lowest BCUT2D eigenvalue weighted by atomic mass is 10.1. The van der Waals surface area contributed by atoms with Crippen molar-refractivity contribution in [2.24, 2.45) is 0 Å². The van der Waals surface area contributed by atoms with Crippen molar-refractivity contribution in [1.82, 2.24) is 0 Å². The van der Waals surface area contributed by atoms with Crippen LogP contribution in [-0.2, 0) is 0 Å². The molecule has 0 amide bonds. The highest BCUT2D eigenvalue weighted by atomic mass is 19.1. The largest absolute Gasteiger partial charge is 0.513 e. The molecule has 1 nitrogen and oxygen atoms in total. The van der Waals surface area contributed by atoms with E-state index in [0.29, 0.717) is 25.0 Å². The lowest BCUT2D eigenvalue weighted by Crippen LogP contribution is -2.04. The van der Waals surface area contributed by atoms with Gasteiger partial charge in [0.1, 0.15) is 6.17 Å². The van der Waals surface area contributed by atoms with E-state index in [1.807, 2.05) is 0 Å². The maximum absolute atomic E-state index is 12.2. The van der Waals surface area contributed by atoms with Crippen molar-refractivity contribution in [3.63, 3.8) is 0 Å². The van der Waals surface area contributed by atoms with Crippen LogP contribution in [0.3, 0.4) is 0 Å². The van der Waals surface area contributed by atoms with Crippen LogP contribution in [0, 0.1) is 0 Å². The van der Waals surface area contributed by atoms with Crippen molar-refractivity contribution in [3.8, 4) is 0 Å². The molecule has 1 aliphatic carbocycles. The fourth-order valence-electron chi connectivity index (χ4n) is 0.788. The molecular formula is C6H9FO. The lowest BCUT2D eigenvalue weighted by Gasteiger charge is -2.10.